The van der Waals surface area contributed by atoms with Crippen LogP contribution in [-0.2, 0) is 67.6 Å². The topological polar surface area (TPSA) is 298 Å². The molecule has 147 heavy (non-hydrogen) atoms. The van der Waals surface area contributed by atoms with Gasteiger partial charge in [0.15, 0.2) is 0 Å². The predicted molar refractivity (Wildman–Crippen MR) is 513 cm³/mol. The quantitative estimate of drug-likeness (QED) is 0.0171. The molecule has 4 N–H and O–H groups in total. The van der Waals surface area contributed by atoms with Crippen molar-refractivity contribution >= 4 is 93.8 Å². The Bertz CT molecular complexity index is 6220. The summed E-state index contributed by atoms with van der Waals surface area (Å²) in [6, 6.07) is 73.4. The molecule has 43 heteroatoms. The molecule has 1 radical (unpaired) electrons. The number of rotatable bonds is 21. The minimum Gasteiger partial charge on any atom is -0.508 e. The molecule has 0 saturated carbocycles. The fourth-order valence-electron chi connectivity index (χ4n) is 13.9. The van der Waals surface area contributed by atoms with Crippen LogP contribution in [-0.4, -0.2) is 204 Å². The zero-order valence-electron chi connectivity index (χ0n) is 77.5. The number of likely N-dealkylation sites (tertiary alicyclic amines) is 1. The molecule has 0 atom stereocenters. The number of nitrogens with one attached hydrogen (secondary N) is 1. The summed E-state index contributed by atoms with van der Waals surface area (Å²) >= 11 is 14.3. The lowest BCUT2D eigenvalue weighted by molar-refractivity contribution is -0.138. The first-order valence-corrected chi connectivity index (χ1v) is 45.1. The van der Waals surface area contributed by atoms with Crippen LogP contribution in [0, 0.1) is 0 Å². The number of benzene rings is 12. The van der Waals surface area contributed by atoms with Crippen molar-refractivity contribution in [3.05, 3.63) is 387 Å². The molecule has 0 aliphatic carbocycles. The Labute approximate surface area is 847 Å². The number of carbonyl (C=O) groups excluding carboxylic acids is 8. The average molecular weight is 2110 g/mol. The average Bonchev–Trinajstić information content (AvgIpc) is 0.788. The van der Waals surface area contributed by atoms with Crippen molar-refractivity contribution in [3.8, 4) is 40.2 Å². The lowest BCUT2D eigenvalue weighted by atomic mass is 10.00. The number of carboxylic acid groups (broad SMARTS) is 1. The summed E-state index contributed by atoms with van der Waals surface area (Å²) in [6.45, 7) is 10.1. The van der Waals surface area contributed by atoms with Crippen LogP contribution in [0.4, 0.5) is 65.9 Å². The van der Waals surface area contributed by atoms with Gasteiger partial charge in [-0.1, -0.05) is 97.1 Å². The molecule has 4 heterocycles. The van der Waals surface area contributed by atoms with Gasteiger partial charge in [-0.25, -0.2) is 14.4 Å². The standard InChI is InChI=1S/C29H28F3N3O2.C15H11F3O3.C14H8ClF3O2.C14H9F3O3.C14H19N3O.C8H7BF3O2.C8H8O3.C2Cl2O2/c30-29(31,32)25-8-4-5-22(18-25)17-21-9-11-24(12-10-21)28(37)35-19-26(20-35)33-13-15-34(16-14-33)27(36)23-6-2-1-3-7-23;1-20-14(19)10-5-7-12(8-6-10)21-13-4-2-3-11(9-13)15(16,17)18;15-13(19)9-4-6-11(7-5-9)20-12-3-1-2-10(8-12)14(16,17)18;15-14(16,17)10-2-1-3-12(8-10)20-11-6-4-9(5-7-11)13(18)19;18-14(12-4-2-1-3-5-12)17-8-6-16(7-9-17)13-10-15-11-13;10-8(11,12)7-3-1-2-6(4-7)5-14-9-13;1-11-8(10)6-2-4-7(9)5-3-6;3-1(5)2(4)6/h1-12,18,26H,13-17,19-20H2;2-9H,1H3;1-8H;1-8H,(H,18,19);1-5,13,15H,6-11H2;1-4,13H,5H2;2-5,9H,1H3;. The highest BCUT2D eigenvalue weighted by atomic mass is 35.5. The molecule has 24 nitrogen and oxygen atoms in total. The molecule has 0 unspecified atom stereocenters. The van der Waals surface area contributed by atoms with Crippen LogP contribution in [0.5, 0.6) is 40.2 Å². The molecule has 16 rings (SSSR count). The Hall–Kier alpha value is -14.6. The molecule has 4 aliphatic rings. The molecule has 4 saturated heterocycles. The number of aromatic carboxylic acids is 1. The van der Waals surface area contributed by atoms with Crippen molar-refractivity contribution in [2.45, 2.75) is 56.0 Å². The van der Waals surface area contributed by atoms with Crippen molar-refractivity contribution in [2.75, 3.05) is 92.8 Å². The summed E-state index contributed by atoms with van der Waals surface area (Å²) in [5, 5.41) is 26.2. The van der Waals surface area contributed by atoms with Gasteiger partial charge in [0.25, 0.3) is 23.0 Å². The van der Waals surface area contributed by atoms with Crippen molar-refractivity contribution in [1.29, 1.82) is 0 Å². The number of ether oxygens (including phenoxy) is 5. The number of methoxy groups -OCH3 is 2. The highest BCUT2D eigenvalue weighted by molar-refractivity contribution is 6.97. The van der Waals surface area contributed by atoms with Crippen molar-refractivity contribution in [2.24, 2.45) is 0 Å². The fraction of sp³-hybridized carbons (Fsp3) is 0.221. The Morgan fingerprint density at radius 1 is 0.340 bits per heavy atom. The number of piperazine rings is 2. The molecule has 0 spiro atoms. The molecule has 0 aromatic heterocycles. The van der Waals surface area contributed by atoms with Crippen molar-refractivity contribution < 1.29 is 153 Å². The second kappa shape index (κ2) is 55.1. The summed E-state index contributed by atoms with van der Waals surface area (Å²) in [5.74, 6) is -0.617. The number of halogens is 18. The van der Waals surface area contributed by atoms with E-state index in [0.29, 0.717) is 91.2 Å². The van der Waals surface area contributed by atoms with Crippen molar-refractivity contribution in [1.82, 2.24) is 29.8 Å². The van der Waals surface area contributed by atoms with Gasteiger partial charge in [0.2, 0.25) is 0 Å². The predicted octanol–water partition coefficient (Wildman–Crippen LogP) is 21.8. The van der Waals surface area contributed by atoms with E-state index in [-0.39, 0.29) is 70.2 Å². The monoisotopic (exact) mass is 2110 g/mol. The van der Waals surface area contributed by atoms with Gasteiger partial charge < -0.3 is 63.6 Å². The van der Waals surface area contributed by atoms with E-state index < -0.39 is 92.3 Å². The number of amides is 3. The van der Waals surface area contributed by atoms with E-state index in [4.69, 9.17) is 41.0 Å². The molecule has 12 aromatic carbocycles. The highest BCUT2D eigenvalue weighted by Gasteiger charge is 2.39. The minimum atomic E-state index is -4.44. The fourth-order valence-corrected chi connectivity index (χ4v) is 14.1. The number of hydrogen-bond acceptors (Lipinski definition) is 20. The first-order valence-electron chi connectivity index (χ1n) is 44.0. The van der Waals surface area contributed by atoms with E-state index in [0.717, 1.165) is 124 Å². The molecular formula is C104H90BCl3F15N6O18. The molecular weight excluding hydrogens is 2020 g/mol. The highest BCUT2D eigenvalue weighted by Crippen LogP contribution is 2.38. The maximum atomic E-state index is 13.0. The zero-order chi connectivity index (χ0) is 107. The second-order valence-electron chi connectivity index (χ2n) is 31.9. The maximum Gasteiger partial charge on any atom is 0.485 e. The third-order valence-corrected chi connectivity index (χ3v) is 22.4. The smallest absolute Gasteiger partial charge is 0.485 e. The number of nitrogens with zero attached hydrogens (tertiary/aromatic N) is 5. The van der Waals surface area contributed by atoms with E-state index >= 15 is 0 Å². The van der Waals surface area contributed by atoms with Crippen LogP contribution in [0.25, 0.3) is 0 Å². The number of esters is 2. The van der Waals surface area contributed by atoms with Gasteiger partial charge >= 0.3 is 67.0 Å². The third-order valence-electron chi connectivity index (χ3n) is 21.7. The van der Waals surface area contributed by atoms with Gasteiger partial charge in [-0.05, 0) is 264 Å². The van der Waals surface area contributed by atoms with E-state index in [1.807, 2.05) is 75.4 Å². The maximum absolute atomic E-state index is 13.0. The van der Waals surface area contributed by atoms with Crippen LogP contribution in [0.3, 0.4) is 0 Å². The summed E-state index contributed by atoms with van der Waals surface area (Å²) in [4.78, 5) is 111. The number of carboxylic acids is 1. The number of aromatic hydroxyl groups is 1. The normalized spacial score (nSPS) is 13.6. The Morgan fingerprint density at radius 3 is 0.986 bits per heavy atom. The van der Waals surface area contributed by atoms with Gasteiger partial charge in [-0.3, -0.25) is 38.6 Å². The third kappa shape index (κ3) is 37.7. The number of phenols is 1. The van der Waals surface area contributed by atoms with E-state index in [9.17, 15) is 109 Å². The minimum absolute atomic E-state index is 0.0305. The Balaban J connectivity index is 0.000000194. The van der Waals surface area contributed by atoms with Gasteiger partial charge in [-0.2, -0.15) is 65.9 Å². The molecule has 773 valence electrons. The zero-order valence-corrected chi connectivity index (χ0v) is 79.8. The van der Waals surface area contributed by atoms with Gasteiger partial charge in [-0.15, -0.1) is 0 Å². The SMILES string of the molecule is COC(=O)c1ccc(O)cc1.COC(=O)c1ccc(Oc2cccc(C(F)(F)F)c2)cc1.O=C(Cl)C(=O)Cl.O=C(Cl)c1ccc(Oc2cccc(C(F)(F)F)c2)cc1.O=C(O)c1ccc(Oc2cccc(C(F)(F)F)c2)cc1.O=C(c1ccccc1)N1CCN(C2CN(C(=O)c3ccc(Cc4cccc(C(F)(F)F)c4)cc3)C2)CC1.O=C(c1ccccc1)N1CCN(C2CNC2)CC1.O[B]OCc1cccc(C(F)(F)F)c1. The van der Waals surface area contributed by atoms with Gasteiger partial charge in [0.1, 0.15) is 40.2 Å². The first kappa shape index (κ1) is 116. The Kier molecular flexibility index (Phi) is 43.4. The lowest BCUT2D eigenvalue weighted by Crippen LogP contribution is -2.64. The van der Waals surface area contributed by atoms with E-state index in [1.165, 1.54) is 166 Å². The number of alkyl halides is 15. The summed E-state index contributed by atoms with van der Waals surface area (Å²) in [7, 11) is 3.02. The van der Waals surface area contributed by atoms with Crippen LogP contribution >= 0.6 is 34.8 Å². The van der Waals surface area contributed by atoms with E-state index in [1.54, 1.807) is 30.3 Å². The molecule has 12 aromatic rings. The summed E-state index contributed by atoms with van der Waals surface area (Å²) in [5.41, 5.74) is 1.20. The van der Waals surface area contributed by atoms with Crippen LogP contribution in [0.1, 0.15) is 117 Å². The van der Waals surface area contributed by atoms with Crippen molar-refractivity contribution in [3.63, 3.8) is 0 Å². The number of phenolic OH excluding ortho intramolecular Hbond substituents is 1. The Morgan fingerprint density at radius 2 is 0.653 bits per heavy atom. The molecule has 4 aliphatic heterocycles. The summed E-state index contributed by atoms with van der Waals surface area (Å²) < 4.78 is 218. The van der Waals surface area contributed by atoms with Crippen LogP contribution < -0.4 is 19.5 Å². The van der Waals surface area contributed by atoms with E-state index in [2.05, 4.69) is 52.4 Å². The van der Waals surface area contributed by atoms with Gasteiger partial charge in [0.05, 0.1) is 65.3 Å². The largest absolute Gasteiger partial charge is 0.508 e. The molecule has 0 bridgehead atoms. The van der Waals surface area contributed by atoms with Crippen LogP contribution in [0.15, 0.2) is 303 Å². The second-order valence-corrected chi connectivity index (χ2v) is 32.9. The van der Waals surface area contributed by atoms with Gasteiger partial charge in [0, 0.05) is 113 Å². The molecule has 3 amide bonds. The van der Waals surface area contributed by atoms with Crippen LogP contribution in [0.2, 0.25) is 0 Å². The number of carbonyl (C=O) groups is 9. The first-order chi connectivity index (χ1) is 69.7. The lowest BCUT2D eigenvalue weighted by Gasteiger charge is -2.48. The summed E-state index contributed by atoms with van der Waals surface area (Å²) in [6.07, 6.45) is -21.6. The molecule has 4 fully saturated rings. The number of hydrogen-bond donors (Lipinski definition) is 4.